The van der Waals surface area contributed by atoms with E-state index in [1.807, 2.05) is 0 Å². The molecule has 1 atom stereocenters. The zero-order valence-electron chi connectivity index (χ0n) is 7.98. The quantitative estimate of drug-likeness (QED) is 0.736. The zero-order valence-corrected chi connectivity index (χ0v) is 10.3. The third kappa shape index (κ3) is 1.95. The third-order valence-electron chi connectivity index (χ3n) is 2.62. The highest BCUT2D eigenvalue weighted by atomic mass is 79.9. The minimum absolute atomic E-state index is 0.555. The Labute approximate surface area is 97.2 Å². The van der Waals surface area contributed by atoms with Crippen LogP contribution in [0.15, 0.2) is 10.5 Å². The molecule has 1 aliphatic rings. The molecule has 2 nitrogen and oxygen atoms in total. The Hall–Kier alpha value is -0.120. The molecule has 1 aromatic heterocycles. The SMILES string of the molecule is CC1CCNCc2nc(Cl)c(Br)cc21. The van der Waals surface area contributed by atoms with Crippen LogP contribution >= 0.6 is 27.5 Å². The number of hydrogen-bond donors (Lipinski definition) is 1. The van der Waals surface area contributed by atoms with Crippen molar-refractivity contribution in [3.63, 3.8) is 0 Å². The van der Waals surface area contributed by atoms with Crippen LogP contribution in [-0.4, -0.2) is 11.5 Å². The smallest absolute Gasteiger partial charge is 0.143 e. The lowest BCUT2D eigenvalue weighted by molar-refractivity contribution is 0.629. The number of aromatic nitrogens is 1. The molecule has 0 bridgehead atoms. The van der Waals surface area contributed by atoms with Gasteiger partial charge in [-0.1, -0.05) is 18.5 Å². The summed E-state index contributed by atoms with van der Waals surface area (Å²) in [6.45, 7) is 4.10. The first-order chi connectivity index (χ1) is 6.68. The number of hydrogen-bond acceptors (Lipinski definition) is 2. The fourth-order valence-corrected chi connectivity index (χ4v) is 2.26. The predicted octanol–water partition coefficient (Wildman–Crippen LogP) is 3.09. The summed E-state index contributed by atoms with van der Waals surface area (Å²) in [6.07, 6.45) is 1.16. The number of halogens is 2. The molecule has 0 aromatic carbocycles. The van der Waals surface area contributed by atoms with Gasteiger partial charge in [0, 0.05) is 6.54 Å². The molecule has 1 aromatic rings. The van der Waals surface area contributed by atoms with Crippen molar-refractivity contribution in [3.8, 4) is 0 Å². The summed E-state index contributed by atoms with van der Waals surface area (Å²) in [7, 11) is 0. The molecule has 0 fully saturated rings. The predicted molar refractivity (Wildman–Crippen MR) is 61.7 cm³/mol. The summed E-state index contributed by atoms with van der Waals surface area (Å²) in [6, 6.07) is 2.10. The molecule has 2 heterocycles. The summed E-state index contributed by atoms with van der Waals surface area (Å²) in [5, 5.41) is 3.90. The summed E-state index contributed by atoms with van der Waals surface area (Å²) in [5.74, 6) is 0.557. The summed E-state index contributed by atoms with van der Waals surface area (Å²) in [4.78, 5) is 4.38. The van der Waals surface area contributed by atoms with Crippen LogP contribution in [0.3, 0.4) is 0 Å². The zero-order chi connectivity index (χ0) is 10.1. The fraction of sp³-hybridized carbons (Fsp3) is 0.500. The first-order valence-electron chi connectivity index (χ1n) is 4.74. The fourth-order valence-electron chi connectivity index (χ4n) is 1.76. The van der Waals surface area contributed by atoms with Gasteiger partial charge in [0.25, 0.3) is 0 Å². The second-order valence-electron chi connectivity index (χ2n) is 3.66. The molecular formula is C10H12BrClN2. The van der Waals surface area contributed by atoms with Crippen molar-refractivity contribution in [2.45, 2.75) is 25.8 Å². The van der Waals surface area contributed by atoms with Crippen molar-refractivity contribution in [2.75, 3.05) is 6.54 Å². The van der Waals surface area contributed by atoms with Gasteiger partial charge in [-0.25, -0.2) is 4.98 Å². The third-order valence-corrected chi connectivity index (χ3v) is 3.74. The first kappa shape index (κ1) is 10.4. The maximum absolute atomic E-state index is 5.96. The van der Waals surface area contributed by atoms with Crippen LogP contribution in [0.2, 0.25) is 5.15 Å². The summed E-state index contributed by atoms with van der Waals surface area (Å²) >= 11 is 9.37. The monoisotopic (exact) mass is 274 g/mol. The Morgan fingerprint density at radius 1 is 1.64 bits per heavy atom. The van der Waals surface area contributed by atoms with Crippen LogP contribution in [0.4, 0.5) is 0 Å². The molecule has 0 saturated heterocycles. The van der Waals surface area contributed by atoms with E-state index in [1.165, 1.54) is 5.56 Å². The van der Waals surface area contributed by atoms with Gasteiger partial charge in [0.1, 0.15) is 5.15 Å². The Morgan fingerprint density at radius 3 is 3.21 bits per heavy atom. The van der Waals surface area contributed by atoms with E-state index < -0.39 is 0 Å². The molecule has 1 N–H and O–H groups in total. The molecule has 76 valence electrons. The van der Waals surface area contributed by atoms with Crippen molar-refractivity contribution < 1.29 is 0 Å². The van der Waals surface area contributed by atoms with Gasteiger partial charge < -0.3 is 5.32 Å². The largest absolute Gasteiger partial charge is 0.311 e. The lowest BCUT2D eigenvalue weighted by Gasteiger charge is -2.11. The van der Waals surface area contributed by atoms with Crippen LogP contribution in [0.1, 0.15) is 30.5 Å². The lowest BCUT2D eigenvalue weighted by atomic mass is 9.98. The van der Waals surface area contributed by atoms with Gasteiger partial charge in [-0.05, 0) is 46.4 Å². The molecule has 0 radical (unpaired) electrons. The number of rotatable bonds is 0. The average molecular weight is 276 g/mol. The van der Waals surface area contributed by atoms with Crippen molar-refractivity contribution in [1.82, 2.24) is 10.3 Å². The first-order valence-corrected chi connectivity index (χ1v) is 5.91. The second kappa shape index (κ2) is 4.17. The highest BCUT2D eigenvalue weighted by Gasteiger charge is 2.17. The highest BCUT2D eigenvalue weighted by molar-refractivity contribution is 9.10. The number of nitrogens with zero attached hydrogens (tertiary/aromatic N) is 1. The van der Waals surface area contributed by atoms with Crippen molar-refractivity contribution >= 4 is 27.5 Å². The molecule has 1 unspecified atom stereocenters. The van der Waals surface area contributed by atoms with E-state index in [0.29, 0.717) is 11.1 Å². The van der Waals surface area contributed by atoms with Gasteiger partial charge in [0.05, 0.1) is 10.2 Å². The van der Waals surface area contributed by atoms with Crippen molar-refractivity contribution in [3.05, 3.63) is 26.9 Å². The number of fused-ring (bicyclic) bond motifs is 1. The van der Waals surface area contributed by atoms with Crippen LogP contribution in [-0.2, 0) is 6.54 Å². The molecule has 4 heteroatoms. The van der Waals surface area contributed by atoms with Gasteiger partial charge in [-0.15, -0.1) is 0 Å². The molecule has 1 aliphatic heterocycles. The Balaban J connectivity index is 2.49. The van der Waals surface area contributed by atoms with Crippen LogP contribution in [0.25, 0.3) is 0 Å². The molecule has 2 rings (SSSR count). The Morgan fingerprint density at radius 2 is 2.43 bits per heavy atom. The Kier molecular flexibility index (Phi) is 3.10. The van der Waals surface area contributed by atoms with Gasteiger partial charge in [0.15, 0.2) is 0 Å². The Bertz CT molecular complexity index is 354. The normalized spacial score (nSPS) is 21.5. The average Bonchev–Trinajstić information content (AvgIpc) is 2.31. The van der Waals surface area contributed by atoms with Crippen LogP contribution in [0, 0.1) is 0 Å². The van der Waals surface area contributed by atoms with Gasteiger partial charge in [-0.2, -0.15) is 0 Å². The van der Waals surface area contributed by atoms with Crippen molar-refractivity contribution in [2.24, 2.45) is 0 Å². The van der Waals surface area contributed by atoms with E-state index in [-0.39, 0.29) is 0 Å². The molecule has 0 spiro atoms. The molecule has 0 aliphatic carbocycles. The topological polar surface area (TPSA) is 24.9 Å². The number of nitrogens with one attached hydrogen (secondary N) is 1. The minimum atomic E-state index is 0.555. The van der Waals surface area contributed by atoms with E-state index in [4.69, 9.17) is 11.6 Å². The number of pyridine rings is 1. The van der Waals surface area contributed by atoms with Crippen molar-refractivity contribution in [1.29, 1.82) is 0 Å². The standard InChI is InChI=1S/C10H12BrClN2/c1-6-2-3-13-5-9-7(6)4-8(11)10(12)14-9/h4,6,13H,2-3,5H2,1H3. The lowest BCUT2D eigenvalue weighted by Crippen LogP contribution is -2.13. The van der Waals surface area contributed by atoms with Gasteiger partial charge >= 0.3 is 0 Å². The van der Waals surface area contributed by atoms with Gasteiger partial charge in [-0.3, -0.25) is 0 Å². The maximum Gasteiger partial charge on any atom is 0.143 e. The molecule has 14 heavy (non-hydrogen) atoms. The van der Waals surface area contributed by atoms with Crippen LogP contribution < -0.4 is 5.32 Å². The summed E-state index contributed by atoms with van der Waals surface area (Å²) < 4.78 is 0.895. The molecule has 0 amide bonds. The van der Waals surface area contributed by atoms with E-state index in [2.05, 4.69) is 39.2 Å². The highest BCUT2D eigenvalue weighted by Crippen LogP contribution is 2.30. The summed E-state index contributed by atoms with van der Waals surface area (Å²) in [5.41, 5.74) is 2.40. The van der Waals surface area contributed by atoms with E-state index in [1.54, 1.807) is 0 Å². The maximum atomic E-state index is 5.96. The minimum Gasteiger partial charge on any atom is -0.311 e. The van der Waals surface area contributed by atoms with Gasteiger partial charge in [0.2, 0.25) is 0 Å². The molecular weight excluding hydrogens is 263 g/mol. The second-order valence-corrected chi connectivity index (χ2v) is 4.88. The van der Waals surface area contributed by atoms with E-state index in [0.717, 1.165) is 29.7 Å². The van der Waals surface area contributed by atoms with E-state index in [9.17, 15) is 0 Å². The van der Waals surface area contributed by atoms with E-state index >= 15 is 0 Å². The molecule has 0 saturated carbocycles. The van der Waals surface area contributed by atoms with Crippen LogP contribution in [0.5, 0.6) is 0 Å².